The summed E-state index contributed by atoms with van der Waals surface area (Å²) in [4.78, 5) is 10.7. The number of sulfonamides is 1. The molecule has 0 spiro atoms. The predicted octanol–water partition coefficient (Wildman–Crippen LogP) is -0.0621. The minimum atomic E-state index is -3.48. The third-order valence-electron chi connectivity index (χ3n) is 1.74. The largest absolute Gasteiger partial charge is 0.368 e. The summed E-state index contributed by atoms with van der Waals surface area (Å²) in [7, 11) is -3.48. The van der Waals surface area contributed by atoms with E-state index in [1.807, 2.05) is 0 Å². The van der Waals surface area contributed by atoms with Crippen LogP contribution in [0.3, 0.4) is 0 Å². The topological polar surface area (TPSA) is 80.5 Å². The van der Waals surface area contributed by atoms with Crippen LogP contribution in [0, 0.1) is 0 Å². The molecule has 0 unspecified atom stereocenters. The standard InChI is InChI=1S/C9H12N2O3S/c1-15(13,14)11(7-9(10)12)8-5-3-2-4-6-8/h2-6H,7H2,1H3,(H2,10,12). The van der Waals surface area contributed by atoms with E-state index in [2.05, 4.69) is 0 Å². The van der Waals surface area contributed by atoms with E-state index in [1.165, 1.54) is 0 Å². The number of nitrogens with two attached hydrogens (primary N) is 1. The maximum absolute atomic E-state index is 11.4. The molecule has 0 heterocycles. The lowest BCUT2D eigenvalue weighted by Gasteiger charge is -2.20. The molecule has 15 heavy (non-hydrogen) atoms. The van der Waals surface area contributed by atoms with Crippen molar-refractivity contribution in [1.82, 2.24) is 0 Å². The molecule has 1 aromatic rings. The second-order valence-corrected chi connectivity index (χ2v) is 4.98. The quantitative estimate of drug-likeness (QED) is 0.783. The van der Waals surface area contributed by atoms with Crippen molar-refractivity contribution in [2.24, 2.45) is 5.73 Å². The number of nitrogens with zero attached hydrogens (tertiary/aromatic N) is 1. The summed E-state index contributed by atoms with van der Waals surface area (Å²) in [6, 6.07) is 8.34. The molecule has 1 aromatic carbocycles. The van der Waals surface area contributed by atoms with Crippen LogP contribution in [-0.4, -0.2) is 27.1 Å². The van der Waals surface area contributed by atoms with Gasteiger partial charge in [0.05, 0.1) is 11.9 Å². The van der Waals surface area contributed by atoms with Gasteiger partial charge in [-0.1, -0.05) is 18.2 Å². The summed E-state index contributed by atoms with van der Waals surface area (Å²) in [6.07, 6.45) is 1.03. The number of anilines is 1. The zero-order valence-corrected chi connectivity index (χ0v) is 9.07. The van der Waals surface area contributed by atoms with Gasteiger partial charge in [0, 0.05) is 0 Å². The maximum Gasteiger partial charge on any atom is 0.238 e. The minimum Gasteiger partial charge on any atom is -0.368 e. The summed E-state index contributed by atoms with van der Waals surface area (Å²) in [5.74, 6) is -0.690. The maximum atomic E-state index is 11.4. The van der Waals surface area contributed by atoms with Gasteiger partial charge in [0.1, 0.15) is 6.54 Å². The van der Waals surface area contributed by atoms with Crippen LogP contribution in [0.1, 0.15) is 0 Å². The molecular weight excluding hydrogens is 216 g/mol. The van der Waals surface area contributed by atoms with Gasteiger partial charge in [0.2, 0.25) is 15.9 Å². The van der Waals surface area contributed by atoms with Gasteiger partial charge in [0.25, 0.3) is 0 Å². The molecule has 0 radical (unpaired) electrons. The lowest BCUT2D eigenvalue weighted by atomic mass is 10.3. The Bertz CT molecular complexity index is 442. The van der Waals surface area contributed by atoms with Crippen LogP contribution in [0.25, 0.3) is 0 Å². The summed E-state index contributed by atoms with van der Waals surface area (Å²) >= 11 is 0. The monoisotopic (exact) mass is 228 g/mol. The van der Waals surface area contributed by atoms with E-state index < -0.39 is 15.9 Å². The van der Waals surface area contributed by atoms with Crippen molar-refractivity contribution in [3.63, 3.8) is 0 Å². The molecule has 0 atom stereocenters. The Kier molecular flexibility index (Phi) is 3.31. The van der Waals surface area contributed by atoms with Gasteiger partial charge in [-0.3, -0.25) is 9.10 Å². The highest BCUT2D eigenvalue weighted by atomic mass is 32.2. The van der Waals surface area contributed by atoms with Crippen molar-refractivity contribution in [3.05, 3.63) is 30.3 Å². The summed E-state index contributed by atoms with van der Waals surface area (Å²) < 4.78 is 23.7. The summed E-state index contributed by atoms with van der Waals surface area (Å²) in [6.45, 7) is -0.344. The van der Waals surface area contributed by atoms with E-state index >= 15 is 0 Å². The molecule has 6 heteroatoms. The zero-order chi connectivity index (χ0) is 11.5. The summed E-state index contributed by atoms with van der Waals surface area (Å²) in [5, 5.41) is 0. The Hall–Kier alpha value is -1.56. The number of amides is 1. The SMILES string of the molecule is CS(=O)(=O)N(CC(N)=O)c1ccccc1. The highest BCUT2D eigenvalue weighted by molar-refractivity contribution is 7.92. The van der Waals surface area contributed by atoms with Crippen LogP contribution in [0.15, 0.2) is 30.3 Å². The fourth-order valence-electron chi connectivity index (χ4n) is 1.14. The van der Waals surface area contributed by atoms with Crippen molar-refractivity contribution >= 4 is 21.6 Å². The number of carbonyl (C=O) groups excluding carboxylic acids is 1. The molecule has 5 nitrogen and oxygen atoms in total. The zero-order valence-electron chi connectivity index (χ0n) is 8.25. The first-order chi connectivity index (χ1) is 6.91. The van der Waals surface area contributed by atoms with E-state index in [4.69, 9.17) is 5.73 Å². The third-order valence-corrected chi connectivity index (χ3v) is 2.88. The Labute approximate surface area is 88.5 Å². The van der Waals surface area contributed by atoms with Gasteiger partial charge >= 0.3 is 0 Å². The third kappa shape index (κ3) is 3.25. The number of benzene rings is 1. The van der Waals surface area contributed by atoms with Crippen LogP contribution in [-0.2, 0) is 14.8 Å². The van der Waals surface area contributed by atoms with Gasteiger partial charge in [-0.25, -0.2) is 8.42 Å². The molecule has 1 rings (SSSR count). The number of rotatable bonds is 4. The second kappa shape index (κ2) is 4.31. The Morgan fingerprint density at radius 3 is 2.27 bits per heavy atom. The lowest BCUT2D eigenvalue weighted by molar-refractivity contribution is -0.116. The number of hydrogen-bond acceptors (Lipinski definition) is 3. The smallest absolute Gasteiger partial charge is 0.238 e. The average Bonchev–Trinajstić information content (AvgIpc) is 2.14. The average molecular weight is 228 g/mol. The fraction of sp³-hybridized carbons (Fsp3) is 0.222. The Morgan fingerprint density at radius 1 is 1.33 bits per heavy atom. The van der Waals surface area contributed by atoms with Crippen LogP contribution in [0.2, 0.25) is 0 Å². The molecule has 0 saturated carbocycles. The lowest BCUT2D eigenvalue weighted by Crippen LogP contribution is -2.37. The first-order valence-corrected chi connectivity index (χ1v) is 6.07. The minimum absolute atomic E-state index is 0.344. The molecule has 0 aromatic heterocycles. The molecule has 82 valence electrons. The molecule has 2 N–H and O–H groups in total. The second-order valence-electron chi connectivity index (χ2n) is 3.07. The summed E-state index contributed by atoms with van der Waals surface area (Å²) in [5.41, 5.74) is 5.41. The number of primary amides is 1. The van der Waals surface area contributed by atoms with E-state index in [-0.39, 0.29) is 6.54 Å². The first-order valence-electron chi connectivity index (χ1n) is 4.22. The van der Waals surface area contributed by atoms with Crippen molar-refractivity contribution in [2.75, 3.05) is 17.1 Å². The Morgan fingerprint density at radius 2 is 1.87 bits per heavy atom. The van der Waals surface area contributed by atoms with Gasteiger partial charge in [0.15, 0.2) is 0 Å². The molecular formula is C9H12N2O3S. The van der Waals surface area contributed by atoms with Crippen LogP contribution < -0.4 is 10.0 Å². The Balaban J connectivity index is 3.08. The van der Waals surface area contributed by atoms with E-state index in [9.17, 15) is 13.2 Å². The molecule has 1 amide bonds. The van der Waals surface area contributed by atoms with E-state index in [0.29, 0.717) is 5.69 Å². The van der Waals surface area contributed by atoms with Gasteiger partial charge in [-0.05, 0) is 12.1 Å². The van der Waals surface area contributed by atoms with Crippen molar-refractivity contribution < 1.29 is 13.2 Å². The van der Waals surface area contributed by atoms with Crippen molar-refractivity contribution in [2.45, 2.75) is 0 Å². The van der Waals surface area contributed by atoms with Gasteiger partial charge in [-0.15, -0.1) is 0 Å². The molecule has 0 aliphatic rings. The van der Waals surface area contributed by atoms with Gasteiger partial charge < -0.3 is 5.73 Å². The van der Waals surface area contributed by atoms with Crippen LogP contribution >= 0.6 is 0 Å². The molecule has 0 aliphatic carbocycles. The molecule has 0 fully saturated rings. The molecule has 0 saturated heterocycles. The predicted molar refractivity (Wildman–Crippen MR) is 57.8 cm³/mol. The van der Waals surface area contributed by atoms with E-state index in [1.54, 1.807) is 30.3 Å². The number of para-hydroxylation sites is 1. The van der Waals surface area contributed by atoms with Gasteiger partial charge in [-0.2, -0.15) is 0 Å². The first kappa shape index (κ1) is 11.5. The highest BCUT2D eigenvalue weighted by Crippen LogP contribution is 2.15. The van der Waals surface area contributed by atoms with Crippen molar-refractivity contribution in [1.29, 1.82) is 0 Å². The van der Waals surface area contributed by atoms with Crippen LogP contribution in [0.4, 0.5) is 5.69 Å². The normalized spacial score (nSPS) is 11.0. The number of carbonyl (C=O) groups is 1. The molecule has 0 bridgehead atoms. The number of hydrogen-bond donors (Lipinski definition) is 1. The van der Waals surface area contributed by atoms with Crippen molar-refractivity contribution in [3.8, 4) is 0 Å². The van der Waals surface area contributed by atoms with Crippen LogP contribution in [0.5, 0.6) is 0 Å². The highest BCUT2D eigenvalue weighted by Gasteiger charge is 2.18. The molecule has 0 aliphatic heterocycles. The fourth-order valence-corrected chi connectivity index (χ4v) is 2.00. The van der Waals surface area contributed by atoms with E-state index in [0.717, 1.165) is 10.6 Å².